The molecule has 4 nitrogen and oxygen atoms in total. The van der Waals surface area contributed by atoms with E-state index in [1.807, 2.05) is 18.2 Å². The maximum atomic E-state index is 9.44. The molecule has 0 fully saturated rings. The Balaban J connectivity index is 2.49. The van der Waals surface area contributed by atoms with Gasteiger partial charge in [0.25, 0.3) is 0 Å². The molecule has 13 heavy (non-hydrogen) atoms. The van der Waals surface area contributed by atoms with Crippen molar-refractivity contribution in [1.82, 2.24) is 5.06 Å². The number of anilines is 1. The number of amidine groups is 1. The number of para-hydroxylation sites is 1. The summed E-state index contributed by atoms with van der Waals surface area (Å²) in [5, 5.41) is 21.1. The largest absolute Gasteiger partial charge is 0.363 e. The van der Waals surface area contributed by atoms with Gasteiger partial charge in [0.2, 0.25) is 0 Å². The van der Waals surface area contributed by atoms with Crippen LogP contribution in [0, 0.1) is 5.41 Å². The molecule has 1 unspecified atom stereocenters. The van der Waals surface area contributed by atoms with Crippen LogP contribution in [0.2, 0.25) is 0 Å². The SMILES string of the molecule is CC1Nc2ccccc2C(=N)N1O. The average Bonchev–Trinajstić information content (AvgIpc) is 2.15. The average molecular weight is 177 g/mol. The molecule has 68 valence electrons. The van der Waals surface area contributed by atoms with Crippen LogP contribution in [0.1, 0.15) is 12.5 Å². The molecule has 0 bridgehead atoms. The summed E-state index contributed by atoms with van der Waals surface area (Å²) in [6.07, 6.45) is -0.248. The van der Waals surface area contributed by atoms with Crippen LogP contribution < -0.4 is 5.32 Å². The van der Waals surface area contributed by atoms with Gasteiger partial charge in [-0.1, -0.05) is 12.1 Å². The van der Waals surface area contributed by atoms with E-state index in [4.69, 9.17) is 5.41 Å². The van der Waals surface area contributed by atoms with Gasteiger partial charge in [-0.3, -0.25) is 10.6 Å². The lowest BCUT2D eigenvalue weighted by Gasteiger charge is -2.32. The summed E-state index contributed by atoms with van der Waals surface area (Å²) < 4.78 is 0. The second kappa shape index (κ2) is 2.74. The highest BCUT2D eigenvalue weighted by Crippen LogP contribution is 2.23. The van der Waals surface area contributed by atoms with Crippen molar-refractivity contribution in [3.8, 4) is 0 Å². The van der Waals surface area contributed by atoms with E-state index in [1.165, 1.54) is 0 Å². The van der Waals surface area contributed by atoms with Crippen LogP contribution >= 0.6 is 0 Å². The van der Waals surface area contributed by atoms with Gasteiger partial charge in [0.1, 0.15) is 6.17 Å². The van der Waals surface area contributed by atoms with Crippen molar-refractivity contribution in [2.45, 2.75) is 13.1 Å². The summed E-state index contributed by atoms with van der Waals surface area (Å²) >= 11 is 0. The van der Waals surface area contributed by atoms with Gasteiger partial charge in [-0.15, -0.1) is 0 Å². The third-order valence-corrected chi connectivity index (χ3v) is 2.14. The molecule has 4 heteroatoms. The van der Waals surface area contributed by atoms with Gasteiger partial charge in [-0.2, -0.15) is 0 Å². The Bertz CT molecular complexity index is 350. The molecular weight excluding hydrogens is 166 g/mol. The summed E-state index contributed by atoms with van der Waals surface area (Å²) in [5.41, 5.74) is 1.62. The summed E-state index contributed by atoms with van der Waals surface area (Å²) in [7, 11) is 0. The Kier molecular flexibility index (Phi) is 1.70. The molecule has 0 aliphatic carbocycles. The first kappa shape index (κ1) is 8.07. The van der Waals surface area contributed by atoms with E-state index in [1.54, 1.807) is 13.0 Å². The molecule has 1 aromatic carbocycles. The maximum Gasteiger partial charge on any atom is 0.156 e. The quantitative estimate of drug-likeness (QED) is 0.562. The summed E-state index contributed by atoms with van der Waals surface area (Å²) in [6, 6.07) is 7.45. The molecule has 0 amide bonds. The van der Waals surface area contributed by atoms with Crippen LogP contribution in [-0.4, -0.2) is 22.3 Å². The molecule has 2 rings (SSSR count). The van der Waals surface area contributed by atoms with Crippen molar-refractivity contribution in [2.75, 3.05) is 5.32 Å². The third kappa shape index (κ3) is 1.15. The minimum Gasteiger partial charge on any atom is -0.363 e. The fourth-order valence-electron chi connectivity index (χ4n) is 1.42. The number of hydroxylamine groups is 2. The number of hydrogen-bond donors (Lipinski definition) is 3. The summed E-state index contributed by atoms with van der Waals surface area (Å²) in [6.45, 7) is 1.80. The van der Waals surface area contributed by atoms with E-state index < -0.39 is 0 Å². The van der Waals surface area contributed by atoms with E-state index in [2.05, 4.69) is 5.32 Å². The zero-order valence-electron chi connectivity index (χ0n) is 7.28. The number of nitrogens with one attached hydrogen (secondary N) is 2. The van der Waals surface area contributed by atoms with Crippen LogP contribution in [0.5, 0.6) is 0 Å². The normalized spacial score (nSPS) is 20.9. The van der Waals surface area contributed by atoms with Gasteiger partial charge in [-0.25, -0.2) is 5.06 Å². The molecule has 1 aliphatic rings. The van der Waals surface area contributed by atoms with Gasteiger partial charge < -0.3 is 5.32 Å². The highest BCUT2D eigenvalue weighted by atomic mass is 16.5. The van der Waals surface area contributed by atoms with Crippen LogP contribution in [0.3, 0.4) is 0 Å². The molecule has 0 aromatic heterocycles. The lowest BCUT2D eigenvalue weighted by molar-refractivity contribution is -0.0411. The predicted octanol–water partition coefficient (Wildman–Crippen LogP) is 1.47. The number of nitrogens with zero attached hydrogens (tertiary/aromatic N) is 1. The zero-order chi connectivity index (χ0) is 9.42. The van der Waals surface area contributed by atoms with Crippen molar-refractivity contribution in [3.63, 3.8) is 0 Å². The minimum atomic E-state index is -0.248. The first-order valence-electron chi connectivity index (χ1n) is 4.13. The molecule has 1 aliphatic heterocycles. The van der Waals surface area contributed by atoms with Gasteiger partial charge in [0.15, 0.2) is 5.84 Å². The van der Waals surface area contributed by atoms with Crippen LogP contribution in [0.15, 0.2) is 24.3 Å². The molecule has 1 aromatic rings. The molecule has 1 atom stereocenters. The van der Waals surface area contributed by atoms with Crippen molar-refractivity contribution in [3.05, 3.63) is 29.8 Å². The smallest absolute Gasteiger partial charge is 0.156 e. The Morgan fingerprint density at radius 3 is 2.92 bits per heavy atom. The Morgan fingerprint density at radius 1 is 1.46 bits per heavy atom. The van der Waals surface area contributed by atoms with Crippen molar-refractivity contribution in [2.24, 2.45) is 0 Å². The first-order valence-corrected chi connectivity index (χ1v) is 4.13. The van der Waals surface area contributed by atoms with Gasteiger partial charge in [0, 0.05) is 11.3 Å². The van der Waals surface area contributed by atoms with Gasteiger partial charge in [0.05, 0.1) is 0 Å². The van der Waals surface area contributed by atoms with Crippen molar-refractivity contribution < 1.29 is 5.21 Å². The maximum absolute atomic E-state index is 9.44. The third-order valence-electron chi connectivity index (χ3n) is 2.14. The van der Waals surface area contributed by atoms with E-state index in [0.29, 0.717) is 0 Å². The van der Waals surface area contributed by atoms with Gasteiger partial charge >= 0.3 is 0 Å². The number of fused-ring (bicyclic) bond motifs is 1. The first-order chi connectivity index (χ1) is 6.20. The Hall–Kier alpha value is -1.55. The van der Waals surface area contributed by atoms with Gasteiger partial charge in [-0.05, 0) is 19.1 Å². The van der Waals surface area contributed by atoms with E-state index >= 15 is 0 Å². The monoisotopic (exact) mass is 177 g/mol. The fraction of sp³-hybridized carbons (Fsp3) is 0.222. The molecule has 0 saturated carbocycles. The van der Waals surface area contributed by atoms with Crippen LogP contribution in [-0.2, 0) is 0 Å². The molecule has 0 spiro atoms. The van der Waals surface area contributed by atoms with Crippen LogP contribution in [0.25, 0.3) is 0 Å². The molecule has 3 N–H and O–H groups in total. The highest BCUT2D eigenvalue weighted by Gasteiger charge is 2.24. The molecule has 0 saturated heterocycles. The second-order valence-corrected chi connectivity index (χ2v) is 3.06. The Labute approximate surface area is 76.3 Å². The van der Waals surface area contributed by atoms with E-state index in [0.717, 1.165) is 16.3 Å². The second-order valence-electron chi connectivity index (χ2n) is 3.06. The highest BCUT2D eigenvalue weighted by molar-refractivity contribution is 6.02. The molecular formula is C9H11N3O. The molecule has 1 heterocycles. The summed E-state index contributed by atoms with van der Waals surface area (Å²) in [5.74, 6) is 0.141. The van der Waals surface area contributed by atoms with E-state index in [-0.39, 0.29) is 12.0 Å². The molecule has 0 radical (unpaired) electrons. The van der Waals surface area contributed by atoms with Crippen molar-refractivity contribution in [1.29, 1.82) is 5.41 Å². The van der Waals surface area contributed by atoms with Crippen LogP contribution in [0.4, 0.5) is 5.69 Å². The predicted molar refractivity (Wildman–Crippen MR) is 50.0 cm³/mol. The topological polar surface area (TPSA) is 59.4 Å². The number of benzene rings is 1. The minimum absolute atomic E-state index is 0.141. The number of hydrogen-bond acceptors (Lipinski definition) is 3. The standard InChI is InChI=1S/C9H11N3O/c1-6-11-8-5-3-2-4-7(8)9(10)12(6)13/h2-6,10-11,13H,1H3. The fourth-order valence-corrected chi connectivity index (χ4v) is 1.42. The number of rotatable bonds is 0. The lowest BCUT2D eigenvalue weighted by Crippen LogP contribution is -2.44. The van der Waals surface area contributed by atoms with E-state index in [9.17, 15) is 5.21 Å². The zero-order valence-corrected chi connectivity index (χ0v) is 7.28. The lowest BCUT2D eigenvalue weighted by atomic mass is 10.1. The summed E-state index contributed by atoms with van der Waals surface area (Å²) in [4.78, 5) is 0. The van der Waals surface area contributed by atoms with Crippen molar-refractivity contribution >= 4 is 11.5 Å². The Morgan fingerprint density at radius 2 is 2.15 bits per heavy atom.